The molecule has 0 amide bonds. The summed E-state index contributed by atoms with van der Waals surface area (Å²) in [5.74, 6) is 4.79. The van der Waals surface area contributed by atoms with Gasteiger partial charge in [-0.3, -0.25) is 0 Å². The average molecular weight is 254 g/mol. The molecule has 1 heterocycles. The Morgan fingerprint density at radius 1 is 1.17 bits per heavy atom. The molecular weight excluding hydrogens is 232 g/mol. The lowest BCUT2D eigenvalue weighted by Gasteiger charge is -2.05. The number of aliphatic hydroxyl groups excluding tert-OH is 2. The fourth-order valence-corrected chi connectivity index (χ4v) is 1.85. The van der Waals surface area contributed by atoms with Gasteiger partial charge in [0.2, 0.25) is 0 Å². The van der Waals surface area contributed by atoms with E-state index in [4.69, 9.17) is 9.84 Å². The van der Waals surface area contributed by atoms with Crippen molar-refractivity contribution in [3.8, 4) is 11.8 Å². The highest BCUT2D eigenvalue weighted by molar-refractivity contribution is 5.78. The Kier molecular flexibility index (Phi) is 6.77. The number of hydrogen-bond acceptors (Lipinski definition) is 4. The lowest BCUT2D eigenvalue weighted by Crippen LogP contribution is -2.30. The standard InChI is InChI=1S/C14H22O4/c1-2-3-4-5-6-7-8-9-10-11-12(15)13(16)14(17)18-11/h11-13,15-16H,2-8H2,1H3/t11-,12-,13+/m1/s1. The first-order chi connectivity index (χ1) is 8.66. The topological polar surface area (TPSA) is 66.8 Å². The van der Waals surface area contributed by atoms with Gasteiger partial charge in [0, 0.05) is 6.42 Å². The molecule has 1 aliphatic rings. The highest BCUT2D eigenvalue weighted by Gasteiger charge is 2.41. The smallest absolute Gasteiger partial charge is 0.339 e. The largest absolute Gasteiger partial charge is 0.444 e. The zero-order chi connectivity index (χ0) is 13.4. The van der Waals surface area contributed by atoms with Gasteiger partial charge >= 0.3 is 5.97 Å². The van der Waals surface area contributed by atoms with Gasteiger partial charge in [-0.1, -0.05) is 50.9 Å². The number of hydrogen-bond donors (Lipinski definition) is 2. The van der Waals surface area contributed by atoms with Crippen LogP contribution in [-0.4, -0.2) is 34.5 Å². The quantitative estimate of drug-likeness (QED) is 0.427. The Hall–Kier alpha value is -1.05. The summed E-state index contributed by atoms with van der Waals surface area (Å²) in [4.78, 5) is 10.9. The minimum Gasteiger partial charge on any atom is -0.444 e. The number of ether oxygens (including phenoxy) is 1. The molecule has 0 aromatic heterocycles. The Labute approximate surface area is 108 Å². The van der Waals surface area contributed by atoms with Crippen LogP contribution in [-0.2, 0) is 9.53 Å². The van der Waals surface area contributed by atoms with Crippen molar-refractivity contribution >= 4 is 5.97 Å². The lowest BCUT2D eigenvalue weighted by molar-refractivity contribution is -0.146. The molecular formula is C14H22O4. The van der Waals surface area contributed by atoms with Crippen LogP contribution >= 0.6 is 0 Å². The second kappa shape index (κ2) is 8.12. The summed E-state index contributed by atoms with van der Waals surface area (Å²) < 4.78 is 4.73. The van der Waals surface area contributed by atoms with Crippen LogP contribution in [0.25, 0.3) is 0 Å². The Bertz CT molecular complexity index is 315. The van der Waals surface area contributed by atoms with Gasteiger partial charge in [-0.2, -0.15) is 0 Å². The van der Waals surface area contributed by atoms with E-state index in [1.165, 1.54) is 25.7 Å². The highest BCUT2D eigenvalue weighted by atomic mass is 16.6. The summed E-state index contributed by atoms with van der Waals surface area (Å²) in [7, 11) is 0. The molecule has 0 aliphatic carbocycles. The fraction of sp³-hybridized carbons (Fsp3) is 0.786. The van der Waals surface area contributed by atoms with Crippen LogP contribution in [0, 0.1) is 11.8 Å². The van der Waals surface area contributed by atoms with E-state index in [-0.39, 0.29) is 0 Å². The number of unbranched alkanes of at least 4 members (excludes halogenated alkanes) is 6. The predicted molar refractivity (Wildman–Crippen MR) is 67.7 cm³/mol. The first kappa shape index (κ1) is 15.0. The molecule has 4 nitrogen and oxygen atoms in total. The summed E-state index contributed by atoms with van der Waals surface area (Å²) in [6.45, 7) is 2.19. The molecule has 1 aliphatic heterocycles. The van der Waals surface area contributed by atoms with E-state index in [1.54, 1.807) is 0 Å². The van der Waals surface area contributed by atoms with E-state index in [1.807, 2.05) is 0 Å². The maximum atomic E-state index is 10.9. The highest BCUT2D eigenvalue weighted by Crippen LogP contribution is 2.15. The van der Waals surface area contributed by atoms with Crippen molar-refractivity contribution in [3.05, 3.63) is 0 Å². The fourth-order valence-electron chi connectivity index (χ4n) is 1.85. The van der Waals surface area contributed by atoms with Crippen LogP contribution in [0.1, 0.15) is 51.9 Å². The summed E-state index contributed by atoms with van der Waals surface area (Å²) >= 11 is 0. The third kappa shape index (κ3) is 4.67. The minimum absolute atomic E-state index is 0.739. The SMILES string of the molecule is CCCCCCCCC#C[C@H]1OC(=O)[C@@H](O)[C@@H]1O. The number of cyclic esters (lactones) is 1. The maximum absolute atomic E-state index is 10.9. The van der Waals surface area contributed by atoms with E-state index < -0.39 is 24.3 Å². The Morgan fingerprint density at radius 2 is 1.83 bits per heavy atom. The third-order valence-electron chi connectivity index (χ3n) is 3.02. The molecule has 1 fully saturated rings. The van der Waals surface area contributed by atoms with Gasteiger partial charge in [-0.25, -0.2) is 4.79 Å². The molecule has 0 aromatic rings. The molecule has 4 heteroatoms. The Balaban J connectivity index is 2.13. The molecule has 1 saturated heterocycles. The van der Waals surface area contributed by atoms with Crippen molar-refractivity contribution in [2.75, 3.05) is 0 Å². The van der Waals surface area contributed by atoms with Crippen LogP contribution in [0.4, 0.5) is 0 Å². The van der Waals surface area contributed by atoms with Gasteiger partial charge in [0.1, 0.15) is 6.10 Å². The van der Waals surface area contributed by atoms with Crippen LogP contribution in [0.3, 0.4) is 0 Å². The summed E-state index contributed by atoms with van der Waals surface area (Å²) in [6, 6.07) is 0. The molecule has 3 atom stereocenters. The van der Waals surface area contributed by atoms with Crippen molar-refractivity contribution in [2.24, 2.45) is 0 Å². The number of aliphatic hydroxyl groups is 2. The van der Waals surface area contributed by atoms with Gasteiger partial charge in [0.15, 0.2) is 12.2 Å². The maximum Gasteiger partial charge on any atom is 0.339 e. The van der Waals surface area contributed by atoms with Gasteiger partial charge in [-0.05, 0) is 6.42 Å². The van der Waals surface area contributed by atoms with E-state index in [9.17, 15) is 9.90 Å². The van der Waals surface area contributed by atoms with Gasteiger partial charge < -0.3 is 14.9 Å². The summed E-state index contributed by atoms with van der Waals surface area (Å²) in [6.07, 6.45) is 4.43. The Morgan fingerprint density at radius 3 is 2.44 bits per heavy atom. The van der Waals surface area contributed by atoms with E-state index in [2.05, 4.69) is 18.8 Å². The number of rotatable bonds is 6. The van der Waals surface area contributed by atoms with Crippen molar-refractivity contribution in [1.82, 2.24) is 0 Å². The zero-order valence-electron chi connectivity index (χ0n) is 10.9. The minimum atomic E-state index is -1.45. The van der Waals surface area contributed by atoms with Crippen molar-refractivity contribution < 1.29 is 19.7 Å². The molecule has 0 unspecified atom stereocenters. The lowest BCUT2D eigenvalue weighted by atomic mass is 10.1. The molecule has 102 valence electrons. The first-order valence-corrected chi connectivity index (χ1v) is 6.72. The van der Waals surface area contributed by atoms with E-state index in [0.717, 1.165) is 19.3 Å². The second-order valence-electron chi connectivity index (χ2n) is 4.63. The average Bonchev–Trinajstić information content (AvgIpc) is 2.60. The molecule has 0 radical (unpaired) electrons. The first-order valence-electron chi connectivity index (χ1n) is 6.72. The summed E-state index contributed by atoms with van der Waals surface area (Å²) in [5, 5.41) is 18.6. The molecule has 18 heavy (non-hydrogen) atoms. The van der Waals surface area contributed by atoms with Crippen LogP contribution in [0.15, 0.2) is 0 Å². The molecule has 0 spiro atoms. The molecule has 2 N–H and O–H groups in total. The molecule has 0 aromatic carbocycles. The van der Waals surface area contributed by atoms with Gasteiger partial charge in [0.25, 0.3) is 0 Å². The second-order valence-corrected chi connectivity index (χ2v) is 4.63. The molecule has 1 rings (SSSR count). The normalized spacial score (nSPS) is 26.6. The predicted octanol–water partition coefficient (Wildman–Crippen LogP) is 1.39. The van der Waals surface area contributed by atoms with Gasteiger partial charge in [-0.15, -0.1) is 0 Å². The third-order valence-corrected chi connectivity index (χ3v) is 3.02. The number of carbonyl (C=O) groups excluding carboxylic acids is 1. The van der Waals surface area contributed by atoms with Crippen LogP contribution < -0.4 is 0 Å². The number of carbonyl (C=O) groups is 1. The van der Waals surface area contributed by atoms with Crippen molar-refractivity contribution in [1.29, 1.82) is 0 Å². The number of esters is 1. The van der Waals surface area contributed by atoms with Crippen LogP contribution in [0.5, 0.6) is 0 Å². The monoisotopic (exact) mass is 254 g/mol. The van der Waals surface area contributed by atoms with E-state index in [0.29, 0.717) is 0 Å². The van der Waals surface area contributed by atoms with E-state index >= 15 is 0 Å². The zero-order valence-corrected chi connectivity index (χ0v) is 10.9. The van der Waals surface area contributed by atoms with Gasteiger partial charge in [0.05, 0.1) is 0 Å². The molecule has 0 saturated carbocycles. The van der Waals surface area contributed by atoms with Crippen molar-refractivity contribution in [2.45, 2.75) is 70.2 Å². The summed E-state index contributed by atoms with van der Waals surface area (Å²) in [5.41, 5.74) is 0. The molecule has 0 bridgehead atoms. The van der Waals surface area contributed by atoms with Crippen molar-refractivity contribution in [3.63, 3.8) is 0 Å². The van der Waals surface area contributed by atoms with Crippen LogP contribution in [0.2, 0.25) is 0 Å².